The summed E-state index contributed by atoms with van der Waals surface area (Å²) in [4.78, 5) is 34.8. The summed E-state index contributed by atoms with van der Waals surface area (Å²) >= 11 is 7.50. The molecule has 140 valence electrons. The van der Waals surface area contributed by atoms with Gasteiger partial charge in [0, 0.05) is 28.6 Å². The maximum absolute atomic E-state index is 12.5. The lowest BCUT2D eigenvalue weighted by Crippen LogP contribution is -2.32. The molecule has 1 heterocycles. The molecule has 3 rings (SSSR count). The van der Waals surface area contributed by atoms with Crippen LogP contribution in [0, 0.1) is 0 Å². The van der Waals surface area contributed by atoms with E-state index in [0.29, 0.717) is 47.0 Å². The van der Waals surface area contributed by atoms with Gasteiger partial charge in [0.25, 0.3) is 5.56 Å². The summed E-state index contributed by atoms with van der Waals surface area (Å²) in [7, 11) is 0. The Bertz CT molecular complexity index is 988. The highest BCUT2D eigenvalue weighted by atomic mass is 35.5. The van der Waals surface area contributed by atoms with Crippen LogP contribution < -0.4 is 5.56 Å². The highest BCUT2D eigenvalue weighted by Gasteiger charge is 2.14. The van der Waals surface area contributed by atoms with Gasteiger partial charge in [0.2, 0.25) is 5.91 Å². The van der Waals surface area contributed by atoms with Crippen molar-refractivity contribution in [3.05, 3.63) is 69.7 Å². The maximum atomic E-state index is 12.5. The molecule has 27 heavy (non-hydrogen) atoms. The summed E-state index contributed by atoms with van der Waals surface area (Å²) in [6, 6.07) is 14.8. The first-order chi connectivity index (χ1) is 13.1. The second-order valence-electron chi connectivity index (χ2n) is 5.99. The highest BCUT2D eigenvalue weighted by molar-refractivity contribution is 7.99. The molecule has 0 spiro atoms. The van der Waals surface area contributed by atoms with Gasteiger partial charge in [-0.1, -0.05) is 23.7 Å². The normalized spacial score (nSPS) is 10.9. The lowest BCUT2D eigenvalue weighted by molar-refractivity contribution is -0.131. The minimum absolute atomic E-state index is 0.0368. The van der Waals surface area contributed by atoms with Gasteiger partial charge >= 0.3 is 0 Å². The predicted octanol–water partition coefficient (Wildman–Crippen LogP) is 4.11. The summed E-state index contributed by atoms with van der Waals surface area (Å²) in [5.41, 5.74) is 0.454. The number of para-hydroxylation sites is 1. The number of nitrogens with zero attached hydrogens (tertiary/aromatic N) is 2. The molecule has 0 fully saturated rings. The number of nitrogens with one attached hydrogen (secondary N) is 1. The molecule has 0 atom stereocenters. The summed E-state index contributed by atoms with van der Waals surface area (Å²) in [5.74, 6) is 1.22. The Balaban J connectivity index is 1.61. The third kappa shape index (κ3) is 5.11. The van der Waals surface area contributed by atoms with Crippen LogP contribution in [0.5, 0.6) is 0 Å². The lowest BCUT2D eigenvalue weighted by atomic mass is 10.2. The summed E-state index contributed by atoms with van der Waals surface area (Å²) in [6.07, 6.45) is 0.416. The first kappa shape index (κ1) is 19.5. The van der Waals surface area contributed by atoms with E-state index in [1.165, 1.54) is 0 Å². The molecular formula is C20H20ClN3O2S. The van der Waals surface area contributed by atoms with Crippen LogP contribution in [0.3, 0.4) is 0 Å². The first-order valence-electron chi connectivity index (χ1n) is 8.71. The van der Waals surface area contributed by atoms with E-state index in [2.05, 4.69) is 9.97 Å². The number of thioether (sulfide) groups is 1. The number of hydrogen-bond donors (Lipinski definition) is 1. The van der Waals surface area contributed by atoms with E-state index < -0.39 is 0 Å². The zero-order valence-corrected chi connectivity index (χ0v) is 16.5. The van der Waals surface area contributed by atoms with Gasteiger partial charge in [-0.3, -0.25) is 9.59 Å². The number of benzene rings is 2. The van der Waals surface area contributed by atoms with Crippen LogP contribution in [-0.4, -0.2) is 33.1 Å². The third-order valence-corrected chi connectivity index (χ3v) is 5.40. The second-order valence-corrected chi connectivity index (χ2v) is 7.59. The Morgan fingerprint density at radius 2 is 1.93 bits per heavy atom. The van der Waals surface area contributed by atoms with Crippen molar-refractivity contribution in [1.29, 1.82) is 0 Å². The molecule has 0 aliphatic heterocycles. The van der Waals surface area contributed by atoms with Gasteiger partial charge in [-0.15, -0.1) is 11.8 Å². The first-order valence-corrected chi connectivity index (χ1v) is 10.1. The molecule has 2 aromatic carbocycles. The average Bonchev–Trinajstić information content (AvgIpc) is 2.67. The van der Waals surface area contributed by atoms with E-state index in [9.17, 15) is 9.59 Å². The number of halogens is 1. The molecule has 5 nitrogen and oxygen atoms in total. The highest BCUT2D eigenvalue weighted by Crippen LogP contribution is 2.21. The van der Waals surface area contributed by atoms with Gasteiger partial charge in [-0.05, 0) is 43.3 Å². The smallest absolute Gasteiger partial charge is 0.258 e. The molecule has 0 saturated carbocycles. The summed E-state index contributed by atoms with van der Waals surface area (Å²) < 4.78 is 0. The largest absolute Gasteiger partial charge is 0.335 e. The van der Waals surface area contributed by atoms with Crippen LogP contribution in [0.15, 0.2) is 58.2 Å². The number of carbonyl (C=O) groups is 1. The van der Waals surface area contributed by atoms with E-state index in [0.717, 1.165) is 4.90 Å². The number of H-pyrrole nitrogens is 1. The summed E-state index contributed by atoms with van der Waals surface area (Å²) in [6.45, 7) is 2.77. The van der Waals surface area contributed by atoms with Crippen LogP contribution in [-0.2, 0) is 11.3 Å². The number of fused-ring (bicyclic) bond motifs is 1. The number of rotatable bonds is 7. The molecule has 1 N–H and O–H groups in total. The summed E-state index contributed by atoms with van der Waals surface area (Å²) in [5, 5.41) is 1.25. The Morgan fingerprint density at radius 3 is 2.67 bits per heavy atom. The molecule has 7 heteroatoms. The monoisotopic (exact) mass is 401 g/mol. The van der Waals surface area contributed by atoms with Crippen molar-refractivity contribution in [2.75, 3.05) is 12.3 Å². The molecular weight excluding hydrogens is 382 g/mol. The fraction of sp³-hybridized carbons (Fsp3) is 0.250. The molecule has 3 aromatic rings. The van der Waals surface area contributed by atoms with E-state index in [-0.39, 0.29) is 11.5 Å². The zero-order valence-electron chi connectivity index (χ0n) is 14.9. The van der Waals surface area contributed by atoms with Crippen LogP contribution in [0.2, 0.25) is 5.02 Å². The molecule has 1 aromatic heterocycles. The Morgan fingerprint density at radius 1 is 1.19 bits per heavy atom. The van der Waals surface area contributed by atoms with Gasteiger partial charge in [-0.2, -0.15) is 0 Å². The van der Waals surface area contributed by atoms with E-state index in [4.69, 9.17) is 11.6 Å². The molecule has 0 aliphatic rings. The molecule has 1 amide bonds. The van der Waals surface area contributed by atoms with Crippen LogP contribution in [0.25, 0.3) is 10.9 Å². The number of aromatic amines is 1. The fourth-order valence-corrected chi connectivity index (χ4v) is 3.68. The minimum Gasteiger partial charge on any atom is -0.335 e. The standard InChI is InChI=1S/C20H20ClN3O2S/c1-2-24(19(25)11-12-27-15-9-7-14(21)8-10-15)13-18-22-17-6-4-3-5-16(17)20(26)23-18/h3-10H,2,11-13H2,1H3,(H,22,23,26). The maximum Gasteiger partial charge on any atom is 0.258 e. The van der Waals surface area contributed by atoms with E-state index >= 15 is 0 Å². The van der Waals surface area contributed by atoms with Crippen molar-refractivity contribution in [1.82, 2.24) is 14.9 Å². The van der Waals surface area contributed by atoms with Gasteiger partial charge in [-0.25, -0.2) is 4.98 Å². The zero-order chi connectivity index (χ0) is 19.2. The average molecular weight is 402 g/mol. The van der Waals surface area contributed by atoms with Gasteiger partial charge in [0.1, 0.15) is 5.82 Å². The number of carbonyl (C=O) groups excluding carboxylic acids is 1. The van der Waals surface area contributed by atoms with Crippen LogP contribution in [0.1, 0.15) is 19.2 Å². The predicted molar refractivity (Wildman–Crippen MR) is 110 cm³/mol. The molecule has 0 aliphatic carbocycles. The second kappa shape index (κ2) is 9.06. The number of hydrogen-bond acceptors (Lipinski definition) is 4. The van der Waals surface area contributed by atoms with Gasteiger partial charge in [0.05, 0.1) is 17.4 Å². The van der Waals surface area contributed by atoms with Crippen molar-refractivity contribution in [2.45, 2.75) is 24.8 Å². The quantitative estimate of drug-likeness (QED) is 0.605. The Hall–Kier alpha value is -2.31. The minimum atomic E-state index is -0.183. The van der Waals surface area contributed by atoms with Crippen molar-refractivity contribution in [2.24, 2.45) is 0 Å². The Kier molecular flexibility index (Phi) is 6.53. The van der Waals surface area contributed by atoms with Crippen molar-refractivity contribution in [3.8, 4) is 0 Å². The van der Waals surface area contributed by atoms with Gasteiger partial charge < -0.3 is 9.88 Å². The Labute approximate surface area is 166 Å². The number of amides is 1. The van der Waals surface area contributed by atoms with E-state index in [1.807, 2.05) is 37.3 Å². The van der Waals surface area contributed by atoms with Crippen molar-refractivity contribution in [3.63, 3.8) is 0 Å². The SMILES string of the molecule is CCN(Cc1nc2ccccc2c(=O)[nH]1)C(=O)CCSc1ccc(Cl)cc1. The topological polar surface area (TPSA) is 66.1 Å². The molecule has 0 radical (unpaired) electrons. The molecule has 0 bridgehead atoms. The molecule has 0 saturated heterocycles. The lowest BCUT2D eigenvalue weighted by Gasteiger charge is -2.20. The van der Waals surface area contributed by atoms with Gasteiger partial charge in [0.15, 0.2) is 0 Å². The molecule has 0 unspecified atom stereocenters. The van der Waals surface area contributed by atoms with Crippen molar-refractivity contribution < 1.29 is 4.79 Å². The van der Waals surface area contributed by atoms with Crippen LogP contribution in [0.4, 0.5) is 0 Å². The fourth-order valence-electron chi connectivity index (χ4n) is 2.71. The van der Waals surface area contributed by atoms with Crippen molar-refractivity contribution >= 4 is 40.2 Å². The van der Waals surface area contributed by atoms with Crippen LogP contribution >= 0.6 is 23.4 Å². The third-order valence-electron chi connectivity index (χ3n) is 4.14. The number of aromatic nitrogens is 2. The van der Waals surface area contributed by atoms with E-state index in [1.54, 1.807) is 34.9 Å².